The van der Waals surface area contributed by atoms with Crippen molar-refractivity contribution in [3.63, 3.8) is 0 Å². The average Bonchev–Trinajstić information content (AvgIpc) is 3.22. The minimum Gasteiger partial charge on any atom is -0.381 e. The molecule has 0 saturated carbocycles. The lowest BCUT2D eigenvalue weighted by Crippen LogP contribution is -2.61. The van der Waals surface area contributed by atoms with E-state index in [1.54, 1.807) is 0 Å². The molecule has 0 bridgehead atoms. The lowest BCUT2D eigenvalue weighted by atomic mass is 9.92. The van der Waals surface area contributed by atoms with Crippen LogP contribution in [0, 0.1) is 12.8 Å². The average molecular weight is 380 g/mol. The molecule has 3 fully saturated rings. The fraction of sp³-hybridized carbons (Fsp3) is 0.789. The Labute approximate surface area is 159 Å². The van der Waals surface area contributed by atoms with Crippen LogP contribution in [0.4, 0.5) is 0 Å². The molecule has 1 amide bonds. The number of aryl methyl sites for hydroxylation is 2. The smallest absolute Gasteiger partial charge is 0.272 e. The highest BCUT2D eigenvalue weighted by atomic mass is 32.2. The van der Waals surface area contributed by atoms with E-state index in [0.29, 0.717) is 12.0 Å². The van der Waals surface area contributed by atoms with Gasteiger partial charge in [-0.25, -0.2) is 0 Å². The van der Waals surface area contributed by atoms with Gasteiger partial charge in [-0.2, -0.15) is 5.10 Å². The van der Waals surface area contributed by atoms with E-state index in [1.807, 2.05) is 41.3 Å². The summed E-state index contributed by atoms with van der Waals surface area (Å²) in [5.41, 5.74) is 1.62. The maximum Gasteiger partial charge on any atom is 0.272 e. The summed E-state index contributed by atoms with van der Waals surface area (Å²) >= 11 is 1.99. The monoisotopic (exact) mass is 379 g/mol. The van der Waals surface area contributed by atoms with Gasteiger partial charge in [0.2, 0.25) is 0 Å². The Hall–Kier alpha value is -1.05. The maximum absolute atomic E-state index is 12.8. The molecule has 3 saturated heterocycles. The van der Waals surface area contributed by atoms with E-state index in [1.165, 1.54) is 0 Å². The number of ether oxygens (including phenoxy) is 2. The third-order valence-corrected chi connectivity index (χ3v) is 7.33. The summed E-state index contributed by atoms with van der Waals surface area (Å²) < 4.78 is 13.6. The lowest BCUT2D eigenvalue weighted by molar-refractivity contribution is -0.0119. The van der Waals surface area contributed by atoms with Gasteiger partial charge in [-0.3, -0.25) is 9.48 Å². The van der Waals surface area contributed by atoms with Crippen LogP contribution in [0.2, 0.25) is 0 Å². The van der Waals surface area contributed by atoms with E-state index in [9.17, 15) is 4.79 Å². The third kappa shape index (κ3) is 3.66. The third-order valence-electron chi connectivity index (χ3n) is 5.75. The second-order valence-electron chi connectivity index (χ2n) is 7.86. The Kier molecular flexibility index (Phi) is 5.30. The van der Waals surface area contributed by atoms with E-state index in [4.69, 9.17) is 9.47 Å². The summed E-state index contributed by atoms with van der Waals surface area (Å²) in [6.45, 7) is 8.97. The molecule has 1 atom stereocenters. The highest BCUT2D eigenvalue weighted by molar-refractivity contribution is 8.01. The zero-order valence-corrected chi connectivity index (χ0v) is 16.6. The fourth-order valence-electron chi connectivity index (χ4n) is 4.23. The molecule has 4 heterocycles. The van der Waals surface area contributed by atoms with Crippen LogP contribution in [0.25, 0.3) is 0 Å². The van der Waals surface area contributed by atoms with Crippen LogP contribution in [-0.2, 0) is 16.0 Å². The van der Waals surface area contributed by atoms with Crippen molar-refractivity contribution in [2.75, 3.05) is 38.7 Å². The van der Waals surface area contributed by atoms with Gasteiger partial charge in [0.1, 0.15) is 5.69 Å². The van der Waals surface area contributed by atoms with E-state index < -0.39 is 0 Å². The van der Waals surface area contributed by atoms with Crippen molar-refractivity contribution >= 4 is 17.7 Å². The second-order valence-corrected chi connectivity index (χ2v) is 9.35. The molecular formula is C19H29N3O3S. The summed E-state index contributed by atoms with van der Waals surface area (Å²) in [6.07, 6.45) is 3.65. The molecular weight excluding hydrogens is 350 g/mol. The van der Waals surface area contributed by atoms with E-state index in [2.05, 4.69) is 5.10 Å². The summed E-state index contributed by atoms with van der Waals surface area (Å²) in [4.78, 5) is 14.8. The SMILES string of the molecule is CCn1nc(C)cc1C(=O)N1CC2(C[C@@H](OCC3CCOCC3)CS2)C1. The van der Waals surface area contributed by atoms with Crippen LogP contribution in [0.5, 0.6) is 0 Å². The van der Waals surface area contributed by atoms with Gasteiger partial charge in [0.05, 0.1) is 16.5 Å². The second kappa shape index (κ2) is 7.52. The van der Waals surface area contributed by atoms with Crippen LogP contribution in [0.1, 0.15) is 42.4 Å². The highest BCUT2D eigenvalue weighted by Gasteiger charge is 2.51. The minimum absolute atomic E-state index is 0.116. The first-order valence-electron chi connectivity index (χ1n) is 9.75. The van der Waals surface area contributed by atoms with Crippen molar-refractivity contribution in [1.29, 1.82) is 0 Å². The first-order valence-corrected chi connectivity index (χ1v) is 10.7. The van der Waals surface area contributed by atoms with Gasteiger partial charge in [0.25, 0.3) is 5.91 Å². The number of aromatic nitrogens is 2. The first-order chi connectivity index (χ1) is 12.6. The fourth-order valence-corrected chi connectivity index (χ4v) is 5.78. The number of amides is 1. The van der Waals surface area contributed by atoms with Crippen LogP contribution >= 0.6 is 11.8 Å². The molecule has 0 radical (unpaired) electrons. The summed E-state index contributed by atoms with van der Waals surface area (Å²) in [6, 6.07) is 1.90. The molecule has 26 heavy (non-hydrogen) atoms. The molecule has 1 aromatic rings. The summed E-state index contributed by atoms with van der Waals surface area (Å²) in [5.74, 6) is 1.82. The zero-order valence-electron chi connectivity index (χ0n) is 15.8. The molecule has 1 spiro atoms. The maximum atomic E-state index is 12.8. The van der Waals surface area contributed by atoms with Crippen molar-refractivity contribution in [3.05, 3.63) is 17.5 Å². The van der Waals surface area contributed by atoms with Crippen molar-refractivity contribution in [2.45, 2.75) is 50.5 Å². The van der Waals surface area contributed by atoms with Crippen molar-refractivity contribution in [3.8, 4) is 0 Å². The quantitative estimate of drug-likeness (QED) is 0.786. The van der Waals surface area contributed by atoms with Gasteiger partial charge >= 0.3 is 0 Å². The summed E-state index contributed by atoms with van der Waals surface area (Å²) in [7, 11) is 0. The molecule has 0 N–H and O–H groups in total. The minimum atomic E-state index is 0.116. The van der Waals surface area contributed by atoms with E-state index in [0.717, 1.165) is 75.9 Å². The van der Waals surface area contributed by atoms with Gasteiger partial charge in [-0.15, -0.1) is 11.8 Å². The van der Waals surface area contributed by atoms with Crippen molar-refractivity contribution in [2.24, 2.45) is 5.92 Å². The predicted octanol–water partition coefficient (Wildman–Crippen LogP) is 2.35. The number of carbonyl (C=O) groups is 1. The van der Waals surface area contributed by atoms with Crippen LogP contribution in [0.15, 0.2) is 6.07 Å². The number of hydrogen-bond donors (Lipinski definition) is 0. The van der Waals surface area contributed by atoms with Gasteiger partial charge in [0.15, 0.2) is 0 Å². The Bertz CT molecular complexity index is 650. The largest absolute Gasteiger partial charge is 0.381 e. The van der Waals surface area contributed by atoms with Gasteiger partial charge in [0, 0.05) is 45.2 Å². The number of nitrogens with zero attached hydrogens (tertiary/aromatic N) is 3. The van der Waals surface area contributed by atoms with Gasteiger partial charge < -0.3 is 14.4 Å². The molecule has 1 aromatic heterocycles. The molecule has 6 nitrogen and oxygen atoms in total. The van der Waals surface area contributed by atoms with E-state index >= 15 is 0 Å². The predicted molar refractivity (Wildman–Crippen MR) is 102 cm³/mol. The Morgan fingerprint density at radius 1 is 1.42 bits per heavy atom. The normalized spacial score (nSPS) is 25.6. The molecule has 7 heteroatoms. The summed E-state index contributed by atoms with van der Waals surface area (Å²) in [5, 5.41) is 4.40. The molecule has 0 aliphatic carbocycles. The highest BCUT2D eigenvalue weighted by Crippen LogP contribution is 2.46. The van der Waals surface area contributed by atoms with Crippen LogP contribution in [-0.4, -0.2) is 70.1 Å². The van der Waals surface area contributed by atoms with Crippen molar-refractivity contribution < 1.29 is 14.3 Å². The van der Waals surface area contributed by atoms with E-state index in [-0.39, 0.29) is 10.7 Å². The van der Waals surface area contributed by atoms with Crippen molar-refractivity contribution in [1.82, 2.24) is 14.7 Å². The number of carbonyl (C=O) groups excluding carboxylic acids is 1. The Morgan fingerprint density at radius 2 is 2.19 bits per heavy atom. The number of likely N-dealkylation sites (tertiary alicyclic amines) is 1. The van der Waals surface area contributed by atoms with Gasteiger partial charge in [-0.05, 0) is 45.1 Å². The molecule has 3 aliphatic rings. The van der Waals surface area contributed by atoms with Crippen LogP contribution in [0.3, 0.4) is 0 Å². The number of rotatable bonds is 5. The number of thioether (sulfide) groups is 1. The first kappa shape index (κ1) is 18.3. The molecule has 0 aromatic carbocycles. The Morgan fingerprint density at radius 3 is 2.92 bits per heavy atom. The topological polar surface area (TPSA) is 56.6 Å². The Balaban J connectivity index is 1.26. The lowest BCUT2D eigenvalue weighted by Gasteiger charge is -2.47. The zero-order chi connectivity index (χ0) is 18.1. The standard InChI is InChI=1S/C19H29N3O3S/c1-3-22-17(8-14(2)20-22)18(23)21-12-19(13-21)9-16(11-26-19)25-10-15-4-6-24-7-5-15/h8,15-16H,3-7,9-13H2,1-2H3/t16-/m1/s1. The molecule has 0 unspecified atom stereocenters. The number of hydrogen-bond acceptors (Lipinski definition) is 5. The van der Waals surface area contributed by atoms with Crippen LogP contribution < -0.4 is 0 Å². The molecule has 3 aliphatic heterocycles. The molecule has 144 valence electrons. The molecule has 4 rings (SSSR count). The van der Waals surface area contributed by atoms with Gasteiger partial charge in [-0.1, -0.05) is 0 Å².